The van der Waals surface area contributed by atoms with Crippen molar-refractivity contribution in [1.82, 2.24) is 0 Å². The van der Waals surface area contributed by atoms with E-state index in [1.807, 2.05) is 36.4 Å². The zero-order valence-corrected chi connectivity index (χ0v) is 23.0. The zero-order chi connectivity index (χ0) is 26.2. The minimum absolute atomic E-state index is 0.133. The van der Waals surface area contributed by atoms with Crippen LogP contribution in [0.5, 0.6) is 0 Å². The predicted molar refractivity (Wildman–Crippen MR) is 151 cm³/mol. The van der Waals surface area contributed by atoms with E-state index in [1.54, 1.807) is 19.1 Å². The highest BCUT2D eigenvalue weighted by Gasteiger charge is 2.26. The molecule has 0 radical (unpaired) electrons. The Hall–Kier alpha value is -2.81. The number of nitrogens with one attached hydrogen (secondary N) is 2. The Morgan fingerprint density at radius 2 is 1.78 bits per heavy atom. The van der Waals surface area contributed by atoms with Crippen molar-refractivity contribution in [2.45, 2.75) is 50.3 Å². The number of carbonyl (C=O) groups excluding carboxylic acids is 3. The maximum absolute atomic E-state index is 12.8. The van der Waals surface area contributed by atoms with E-state index >= 15 is 0 Å². The van der Waals surface area contributed by atoms with Gasteiger partial charge in [-0.1, -0.05) is 36.2 Å². The molecule has 2 aromatic carbocycles. The molecule has 2 N–H and O–H groups in total. The first-order valence-corrected chi connectivity index (χ1v) is 14.5. The fraction of sp³-hybridized carbons (Fsp3) is 0.321. The second kappa shape index (κ2) is 13.1. The van der Waals surface area contributed by atoms with Crippen molar-refractivity contribution in [2.75, 3.05) is 23.0 Å². The van der Waals surface area contributed by atoms with Crippen LogP contribution in [0.15, 0.2) is 53.4 Å². The summed E-state index contributed by atoms with van der Waals surface area (Å²) < 4.78 is 5.30. The van der Waals surface area contributed by atoms with Crippen LogP contribution < -0.4 is 10.6 Å². The molecule has 1 heterocycles. The number of anilines is 2. The fourth-order valence-electron chi connectivity index (χ4n) is 4.22. The normalized spacial score (nSPS) is 12.8. The molecule has 3 aromatic rings. The van der Waals surface area contributed by atoms with Crippen molar-refractivity contribution in [3.63, 3.8) is 0 Å². The Labute approximate surface area is 230 Å². The van der Waals surface area contributed by atoms with Crippen molar-refractivity contribution in [3.05, 3.63) is 75.1 Å². The number of esters is 1. The summed E-state index contributed by atoms with van der Waals surface area (Å²) >= 11 is 8.77. The molecule has 0 fully saturated rings. The standard InChI is InChI=1S/C28H29ClN2O4S2/c1-2-35-28(34)26-22-9-4-3-5-10-23(22)37-27(26)31-25(33)17-36-21-8-6-7-20(16-21)30-24(32)15-18-11-13-19(29)14-12-18/h6-8,11-14,16H,2-5,9-10,15,17H2,1H3,(H,30,32)(H,31,33). The lowest BCUT2D eigenvalue weighted by molar-refractivity contribution is -0.115. The number of rotatable bonds is 9. The third-order valence-corrected chi connectivity index (χ3v) is 8.37. The summed E-state index contributed by atoms with van der Waals surface area (Å²) in [7, 11) is 0. The number of fused-ring (bicyclic) bond motifs is 1. The minimum atomic E-state index is -0.369. The number of amides is 2. The Balaban J connectivity index is 1.36. The maximum atomic E-state index is 12.8. The van der Waals surface area contributed by atoms with Gasteiger partial charge in [0.05, 0.1) is 24.3 Å². The van der Waals surface area contributed by atoms with E-state index in [4.69, 9.17) is 16.3 Å². The monoisotopic (exact) mass is 556 g/mol. The highest BCUT2D eigenvalue weighted by atomic mass is 35.5. The molecule has 0 spiro atoms. The van der Waals surface area contributed by atoms with E-state index in [-0.39, 0.29) is 30.0 Å². The largest absolute Gasteiger partial charge is 0.462 e. The number of hydrogen-bond donors (Lipinski definition) is 2. The third kappa shape index (κ3) is 7.60. The van der Waals surface area contributed by atoms with Gasteiger partial charge in [0.1, 0.15) is 5.00 Å². The topological polar surface area (TPSA) is 84.5 Å². The SMILES string of the molecule is CCOC(=O)c1c(NC(=O)CSc2cccc(NC(=O)Cc3ccc(Cl)cc3)c2)sc2c1CCCCC2. The lowest BCUT2D eigenvalue weighted by Gasteiger charge is -2.09. The minimum Gasteiger partial charge on any atom is -0.462 e. The van der Waals surface area contributed by atoms with Crippen molar-refractivity contribution in [3.8, 4) is 0 Å². The van der Waals surface area contributed by atoms with E-state index in [1.165, 1.54) is 28.0 Å². The molecule has 0 bridgehead atoms. The first-order valence-electron chi connectivity index (χ1n) is 12.3. The van der Waals surface area contributed by atoms with Crippen LogP contribution in [0.4, 0.5) is 10.7 Å². The number of aryl methyl sites for hydroxylation is 1. The van der Waals surface area contributed by atoms with Gasteiger partial charge in [0.25, 0.3) is 0 Å². The van der Waals surface area contributed by atoms with Crippen LogP contribution in [0.25, 0.3) is 0 Å². The first kappa shape index (κ1) is 27.2. The van der Waals surface area contributed by atoms with E-state index in [9.17, 15) is 14.4 Å². The molecule has 194 valence electrons. The molecule has 0 aliphatic heterocycles. The molecular weight excluding hydrogens is 528 g/mol. The summed E-state index contributed by atoms with van der Waals surface area (Å²) in [5.74, 6) is -0.519. The number of hydrogen-bond acceptors (Lipinski definition) is 6. The molecule has 4 rings (SSSR count). The molecule has 1 aliphatic carbocycles. The first-order chi connectivity index (χ1) is 17.9. The summed E-state index contributed by atoms with van der Waals surface area (Å²) in [6.45, 7) is 2.07. The Bertz CT molecular complexity index is 1270. The summed E-state index contributed by atoms with van der Waals surface area (Å²) in [5, 5.41) is 7.07. The molecule has 0 saturated carbocycles. The molecule has 37 heavy (non-hydrogen) atoms. The Morgan fingerprint density at radius 1 is 1.00 bits per heavy atom. The molecule has 0 saturated heterocycles. The quantitative estimate of drug-likeness (QED) is 0.173. The van der Waals surface area contributed by atoms with Crippen molar-refractivity contribution in [2.24, 2.45) is 0 Å². The maximum Gasteiger partial charge on any atom is 0.341 e. The van der Waals surface area contributed by atoms with Crippen LogP contribution in [0.2, 0.25) is 5.02 Å². The molecule has 1 aliphatic rings. The average Bonchev–Trinajstić information content (AvgIpc) is 3.04. The predicted octanol–water partition coefficient (Wildman–Crippen LogP) is 6.76. The van der Waals surface area contributed by atoms with Crippen molar-refractivity contribution in [1.29, 1.82) is 0 Å². The Kier molecular flexibility index (Phi) is 9.66. The van der Waals surface area contributed by atoms with Gasteiger partial charge >= 0.3 is 5.97 Å². The number of thioether (sulfide) groups is 1. The number of halogens is 1. The molecule has 9 heteroatoms. The van der Waals surface area contributed by atoms with Gasteiger partial charge < -0.3 is 15.4 Å². The third-order valence-electron chi connectivity index (χ3n) is 5.92. The number of benzene rings is 2. The fourth-order valence-corrected chi connectivity index (χ4v) is 6.39. The zero-order valence-electron chi connectivity index (χ0n) is 20.6. The summed E-state index contributed by atoms with van der Waals surface area (Å²) in [6, 6.07) is 14.6. The highest BCUT2D eigenvalue weighted by Crippen LogP contribution is 2.38. The van der Waals surface area contributed by atoms with Gasteiger partial charge in [0.15, 0.2) is 0 Å². The van der Waals surface area contributed by atoms with E-state index < -0.39 is 0 Å². The van der Waals surface area contributed by atoms with E-state index in [2.05, 4.69) is 10.6 Å². The average molecular weight is 557 g/mol. The second-order valence-corrected chi connectivity index (χ2v) is 11.3. The molecule has 6 nitrogen and oxygen atoms in total. The van der Waals surface area contributed by atoms with Crippen LogP contribution in [0, 0.1) is 0 Å². The van der Waals surface area contributed by atoms with Crippen LogP contribution in [0.3, 0.4) is 0 Å². The summed E-state index contributed by atoms with van der Waals surface area (Å²) in [6.07, 6.45) is 5.26. The van der Waals surface area contributed by atoms with Gasteiger partial charge in [-0.3, -0.25) is 9.59 Å². The van der Waals surface area contributed by atoms with Crippen molar-refractivity contribution >= 4 is 63.2 Å². The molecule has 0 atom stereocenters. The summed E-state index contributed by atoms with van der Waals surface area (Å²) in [5.41, 5.74) is 3.09. The second-order valence-electron chi connectivity index (χ2n) is 8.71. The van der Waals surface area contributed by atoms with Gasteiger partial charge in [0, 0.05) is 20.5 Å². The molecule has 0 unspecified atom stereocenters. The highest BCUT2D eigenvalue weighted by molar-refractivity contribution is 8.00. The van der Waals surface area contributed by atoms with Gasteiger partial charge in [-0.2, -0.15) is 0 Å². The van der Waals surface area contributed by atoms with Gasteiger partial charge in [-0.05, 0) is 74.1 Å². The van der Waals surface area contributed by atoms with E-state index in [0.29, 0.717) is 27.9 Å². The molecule has 2 amide bonds. The van der Waals surface area contributed by atoms with E-state index in [0.717, 1.165) is 48.1 Å². The van der Waals surface area contributed by atoms with Crippen LogP contribution in [0.1, 0.15) is 52.5 Å². The number of carbonyl (C=O) groups is 3. The van der Waals surface area contributed by atoms with Crippen LogP contribution in [-0.2, 0) is 33.6 Å². The molecular formula is C28H29ClN2O4S2. The van der Waals surface area contributed by atoms with Crippen LogP contribution >= 0.6 is 34.7 Å². The number of thiophene rings is 1. The van der Waals surface area contributed by atoms with Gasteiger partial charge in [-0.15, -0.1) is 23.1 Å². The lowest BCUT2D eigenvalue weighted by atomic mass is 10.1. The lowest BCUT2D eigenvalue weighted by Crippen LogP contribution is -2.17. The van der Waals surface area contributed by atoms with Gasteiger partial charge in [-0.25, -0.2) is 4.79 Å². The Morgan fingerprint density at radius 3 is 2.57 bits per heavy atom. The van der Waals surface area contributed by atoms with Crippen molar-refractivity contribution < 1.29 is 19.1 Å². The van der Waals surface area contributed by atoms with Crippen LogP contribution in [-0.4, -0.2) is 30.1 Å². The molecule has 1 aromatic heterocycles. The smallest absolute Gasteiger partial charge is 0.341 e. The van der Waals surface area contributed by atoms with Gasteiger partial charge in [0.2, 0.25) is 11.8 Å². The summed E-state index contributed by atoms with van der Waals surface area (Å²) in [4.78, 5) is 40.0. The number of ether oxygens (including phenoxy) is 1.